The first kappa shape index (κ1) is 37.8. The fourth-order valence-electron chi connectivity index (χ4n) is 11.1. The first-order valence-electron chi connectivity index (χ1n) is 18.6. The molecule has 0 bridgehead atoms. The molecular formula is C40H53N3O9. The Labute approximate surface area is 305 Å². The predicted molar refractivity (Wildman–Crippen MR) is 191 cm³/mol. The van der Waals surface area contributed by atoms with Crippen LogP contribution >= 0.6 is 0 Å². The summed E-state index contributed by atoms with van der Waals surface area (Å²) in [5.41, 5.74) is 1.82. The minimum absolute atomic E-state index is 0.0178. The summed E-state index contributed by atoms with van der Waals surface area (Å²) in [4.78, 5) is 37.5. The van der Waals surface area contributed by atoms with E-state index in [1.807, 2.05) is 13.8 Å². The number of carbonyl (C=O) groups is 2. The molecule has 0 saturated heterocycles. The normalized spacial score (nSPS) is 36.1. The molecular weight excluding hydrogens is 666 g/mol. The summed E-state index contributed by atoms with van der Waals surface area (Å²) >= 11 is 0. The third-order valence-electron chi connectivity index (χ3n) is 13.7. The molecule has 4 aliphatic rings. The summed E-state index contributed by atoms with van der Waals surface area (Å²) in [6.45, 7) is 14.1. The molecule has 1 aromatic carbocycles. The maximum atomic E-state index is 14.2. The molecule has 0 aliphatic heterocycles. The summed E-state index contributed by atoms with van der Waals surface area (Å²) in [5.74, 6) is -0.612. The zero-order valence-electron chi connectivity index (χ0n) is 31.4. The van der Waals surface area contributed by atoms with Crippen LogP contribution in [0.5, 0.6) is 0 Å². The fourth-order valence-corrected chi connectivity index (χ4v) is 11.1. The van der Waals surface area contributed by atoms with Crippen molar-refractivity contribution < 1.29 is 38.6 Å². The number of hydrogen-bond acceptors (Lipinski definition) is 11. The molecule has 12 nitrogen and oxygen atoms in total. The molecule has 1 heterocycles. The highest BCUT2D eigenvalue weighted by molar-refractivity contribution is 5.90. The van der Waals surface area contributed by atoms with Gasteiger partial charge in [0, 0.05) is 30.2 Å². The van der Waals surface area contributed by atoms with Crippen molar-refractivity contribution >= 4 is 17.6 Å². The lowest BCUT2D eigenvalue weighted by Crippen LogP contribution is -2.65. The van der Waals surface area contributed by atoms with Gasteiger partial charge in [0.1, 0.15) is 6.10 Å². The van der Waals surface area contributed by atoms with Gasteiger partial charge in [0.25, 0.3) is 11.6 Å². The highest BCUT2D eigenvalue weighted by Gasteiger charge is 2.70. The van der Waals surface area contributed by atoms with E-state index in [9.17, 15) is 29.9 Å². The van der Waals surface area contributed by atoms with Crippen LogP contribution < -0.4 is 0 Å². The van der Waals surface area contributed by atoms with Crippen LogP contribution in [0.15, 0.2) is 51.5 Å². The Morgan fingerprint density at radius 1 is 1.04 bits per heavy atom. The van der Waals surface area contributed by atoms with E-state index < -0.39 is 34.5 Å². The van der Waals surface area contributed by atoms with Crippen molar-refractivity contribution in [3.8, 4) is 11.5 Å². The second kappa shape index (κ2) is 14.2. The number of nitro groups is 1. The van der Waals surface area contributed by atoms with Crippen LogP contribution in [0.2, 0.25) is 0 Å². The van der Waals surface area contributed by atoms with Gasteiger partial charge in [-0.3, -0.25) is 14.9 Å². The molecule has 1 aromatic heterocycles. The number of nitro benzene ring substituents is 1. The van der Waals surface area contributed by atoms with Gasteiger partial charge in [-0.05, 0) is 123 Å². The SMILES string of the molecule is CC(=O)O[C@H]1C[C@@]2(C)[C@@H](C[C@@H](O)[C@H]3[C@@]4(C)CC[C@@H](O)[C@@H](C)[C@@H]4CC[C@@]32C)/C1=C(\CCC=C(C)C)C(=O)OCc1nnc(-c2ccc([N+](=O)[O-])cc2)o1. The van der Waals surface area contributed by atoms with E-state index in [-0.39, 0.29) is 58.8 Å². The third kappa shape index (κ3) is 6.50. The largest absolute Gasteiger partial charge is 0.458 e. The number of carbonyl (C=O) groups excluding carboxylic acids is 2. The van der Waals surface area contributed by atoms with E-state index in [4.69, 9.17) is 13.9 Å². The molecule has 12 heteroatoms. The summed E-state index contributed by atoms with van der Waals surface area (Å²) in [5, 5.41) is 42.2. The second-order valence-corrected chi connectivity index (χ2v) is 16.7. The average Bonchev–Trinajstić information content (AvgIpc) is 3.66. The smallest absolute Gasteiger partial charge is 0.334 e. The van der Waals surface area contributed by atoms with Gasteiger partial charge >= 0.3 is 11.9 Å². The van der Waals surface area contributed by atoms with Gasteiger partial charge in [0.15, 0.2) is 6.61 Å². The molecule has 2 aromatic rings. The number of allylic oxidation sites excluding steroid dienone is 2. The van der Waals surface area contributed by atoms with Gasteiger partial charge in [-0.1, -0.05) is 39.3 Å². The first-order chi connectivity index (χ1) is 24.5. The molecule has 0 spiro atoms. The molecule has 282 valence electrons. The average molecular weight is 720 g/mol. The maximum Gasteiger partial charge on any atom is 0.334 e. The molecule has 4 saturated carbocycles. The van der Waals surface area contributed by atoms with Crippen LogP contribution in [0.25, 0.3) is 11.5 Å². The highest BCUT2D eigenvalue weighted by atomic mass is 16.6. The van der Waals surface area contributed by atoms with Crippen LogP contribution in [-0.4, -0.2) is 55.6 Å². The number of esters is 2. The van der Waals surface area contributed by atoms with Crippen molar-refractivity contribution in [2.45, 2.75) is 125 Å². The number of aliphatic hydroxyl groups excluding tert-OH is 2. The number of rotatable bonds is 9. The van der Waals surface area contributed by atoms with Gasteiger partial charge in [-0.25, -0.2) is 4.79 Å². The Morgan fingerprint density at radius 3 is 2.40 bits per heavy atom. The number of aliphatic hydroxyl groups is 2. The molecule has 0 radical (unpaired) electrons. The summed E-state index contributed by atoms with van der Waals surface area (Å²) in [6, 6.07) is 5.70. The zero-order chi connectivity index (χ0) is 37.7. The number of fused-ring (bicyclic) bond motifs is 5. The standard InChI is InChI=1S/C40H53N3O9/c1-22(2)9-8-10-27(37(47)50-21-33-41-42-36(52-33)25-11-13-26(14-12-25)43(48)49)34-29-19-31(46)35-38(5)17-16-30(45)23(3)28(38)15-18-39(35,6)40(29,7)20-32(34)51-24(4)44/h9,11-14,23,28-32,35,45-46H,8,10,15-21H2,1-7H3/b34-27-/t23-,28-,29-,30+,31+,32-,35-,38-,39-,40-/m0/s1. The van der Waals surface area contributed by atoms with Gasteiger partial charge in [-0.15, -0.1) is 10.2 Å². The summed E-state index contributed by atoms with van der Waals surface area (Å²) in [6.07, 6.45) is 5.69. The van der Waals surface area contributed by atoms with E-state index in [0.29, 0.717) is 49.2 Å². The lowest BCUT2D eigenvalue weighted by atomic mass is 9.36. The summed E-state index contributed by atoms with van der Waals surface area (Å²) in [7, 11) is 0. The Balaban J connectivity index is 1.34. The van der Waals surface area contributed by atoms with Crippen LogP contribution in [0.1, 0.15) is 106 Å². The van der Waals surface area contributed by atoms with Crippen molar-refractivity contribution in [2.24, 2.45) is 39.9 Å². The molecule has 4 fully saturated rings. The van der Waals surface area contributed by atoms with E-state index in [1.54, 1.807) is 0 Å². The maximum absolute atomic E-state index is 14.2. The first-order valence-corrected chi connectivity index (χ1v) is 18.6. The van der Waals surface area contributed by atoms with Gasteiger partial charge in [0.2, 0.25) is 5.89 Å². The lowest BCUT2D eigenvalue weighted by Gasteiger charge is -2.69. The quantitative estimate of drug-likeness (QED) is 0.0876. The molecule has 0 amide bonds. The number of non-ortho nitro benzene ring substituents is 1. The molecule has 2 N–H and O–H groups in total. The molecule has 10 atom stereocenters. The molecule has 0 unspecified atom stereocenters. The number of nitrogens with zero attached hydrogens (tertiary/aromatic N) is 3. The van der Waals surface area contributed by atoms with E-state index >= 15 is 0 Å². The lowest BCUT2D eigenvalue weighted by molar-refractivity contribution is -0.384. The number of aromatic nitrogens is 2. The number of hydrogen-bond donors (Lipinski definition) is 2. The van der Waals surface area contributed by atoms with Gasteiger partial charge < -0.3 is 24.1 Å². The fraction of sp³-hybridized carbons (Fsp3) is 0.650. The van der Waals surface area contributed by atoms with Gasteiger partial charge in [-0.2, -0.15) is 0 Å². The van der Waals surface area contributed by atoms with Crippen molar-refractivity contribution in [1.29, 1.82) is 0 Å². The van der Waals surface area contributed by atoms with Crippen molar-refractivity contribution in [2.75, 3.05) is 0 Å². The number of benzene rings is 1. The van der Waals surface area contributed by atoms with Crippen molar-refractivity contribution in [3.63, 3.8) is 0 Å². The van der Waals surface area contributed by atoms with Crippen LogP contribution in [-0.2, 0) is 25.7 Å². The van der Waals surface area contributed by atoms with Crippen LogP contribution in [0.3, 0.4) is 0 Å². The van der Waals surface area contributed by atoms with Crippen molar-refractivity contribution in [3.05, 3.63) is 63.1 Å². The predicted octanol–water partition coefficient (Wildman–Crippen LogP) is 7.28. The highest BCUT2D eigenvalue weighted by Crippen LogP contribution is 2.74. The Hall–Kier alpha value is -3.90. The minimum Gasteiger partial charge on any atom is -0.458 e. The Bertz CT molecular complexity index is 1760. The summed E-state index contributed by atoms with van der Waals surface area (Å²) < 4.78 is 17.7. The monoisotopic (exact) mass is 719 g/mol. The van der Waals surface area contributed by atoms with Crippen LogP contribution in [0, 0.1) is 50.0 Å². The van der Waals surface area contributed by atoms with Gasteiger partial charge in [0.05, 0.1) is 17.1 Å². The molecule has 52 heavy (non-hydrogen) atoms. The van der Waals surface area contributed by atoms with E-state index in [1.165, 1.54) is 31.2 Å². The second-order valence-electron chi connectivity index (χ2n) is 16.7. The molecule has 4 aliphatic carbocycles. The van der Waals surface area contributed by atoms with E-state index in [2.05, 4.69) is 44.0 Å². The topological polar surface area (TPSA) is 175 Å². The zero-order valence-corrected chi connectivity index (χ0v) is 31.4. The Kier molecular flexibility index (Phi) is 10.3. The van der Waals surface area contributed by atoms with Crippen LogP contribution in [0.4, 0.5) is 5.69 Å². The molecule has 6 rings (SSSR count). The number of ether oxygens (including phenoxy) is 2. The van der Waals surface area contributed by atoms with E-state index in [0.717, 1.165) is 30.4 Å². The third-order valence-corrected chi connectivity index (χ3v) is 13.7. The minimum atomic E-state index is -0.653. The Morgan fingerprint density at radius 2 is 1.75 bits per heavy atom. The van der Waals surface area contributed by atoms with Crippen molar-refractivity contribution in [1.82, 2.24) is 10.2 Å².